The molecule has 0 spiro atoms. The van der Waals surface area contributed by atoms with Gasteiger partial charge in [0.1, 0.15) is 0 Å². The Morgan fingerprint density at radius 1 is 1.06 bits per heavy atom. The Labute approximate surface area is 195 Å². The third-order valence-corrected chi connectivity index (χ3v) is 6.05. The number of amides is 2. The van der Waals surface area contributed by atoms with Gasteiger partial charge in [-0.3, -0.25) is 9.59 Å². The summed E-state index contributed by atoms with van der Waals surface area (Å²) in [6.45, 7) is 2.42. The van der Waals surface area contributed by atoms with Crippen LogP contribution in [-0.4, -0.2) is 48.8 Å². The van der Waals surface area contributed by atoms with Crippen molar-refractivity contribution in [2.75, 3.05) is 27.2 Å². The largest absolute Gasteiger partial charge is 0.459 e. The molecule has 33 heavy (non-hydrogen) atoms. The SMILES string of the molecule is CN(C)Cc1ccc(-c2ccccc2CNC(=O)C2CCCN(C(=O)c3ccco3)C2)cc1. The van der Waals surface area contributed by atoms with Crippen molar-refractivity contribution in [2.45, 2.75) is 25.9 Å². The van der Waals surface area contributed by atoms with Gasteiger partial charge in [-0.25, -0.2) is 0 Å². The first-order valence-corrected chi connectivity index (χ1v) is 11.4. The average molecular weight is 446 g/mol. The number of nitrogens with zero attached hydrogens (tertiary/aromatic N) is 2. The minimum atomic E-state index is -0.213. The van der Waals surface area contributed by atoms with E-state index in [1.54, 1.807) is 17.0 Å². The molecule has 1 aliphatic heterocycles. The topological polar surface area (TPSA) is 65.8 Å². The number of nitrogens with one attached hydrogen (secondary N) is 1. The zero-order chi connectivity index (χ0) is 23.2. The number of rotatable bonds is 7. The molecule has 1 unspecified atom stereocenters. The summed E-state index contributed by atoms with van der Waals surface area (Å²) in [5.41, 5.74) is 4.59. The molecule has 1 aliphatic rings. The molecule has 1 saturated heterocycles. The fourth-order valence-corrected chi connectivity index (χ4v) is 4.37. The second-order valence-electron chi connectivity index (χ2n) is 8.88. The second kappa shape index (κ2) is 10.5. The molecule has 1 aromatic heterocycles. The van der Waals surface area contributed by atoms with Gasteiger partial charge in [0.05, 0.1) is 12.2 Å². The molecular formula is C27H31N3O3. The van der Waals surface area contributed by atoms with E-state index in [-0.39, 0.29) is 17.7 Å². The normalized spacial score (nSPS) is 16.1. The Hall–Kier alpha value is -3.38. The van der Waals surface area contributed by atoms with Crippen LogP contribution < -0.4 is 5.32 Å². The smallest absolute Gasteiger partial charge is 0.289 e. The summed E-state index contributed by atoms with van der Waals surface area (Å²) >= 11 is 0. The molecular weight excluding hydrogens is 414 g/mol. The predicted octanol–water partition coefficient (Wildman–Crippen LogP) is 4.18. The number of carbonyl (C=O) groups excluding carboxylic acids is 2. The van der Waals surface area contributed by atoms with Crippen molar-refractivity contribution in [3.05, 3.63) is 83.8 Å². The zero-order valence-corrected chi connectivity index (χ0v) is 19.3. The maximum absolute atomic E-state index is 12.9. The molecule has 172 valence electrons. The molecule has 3 aromatic rings. The molecule has 4 rings (SSSR count). The van der Waals surface area contributed by atoms with Crippen molar-refractivity contribution in [3.8, 4) is 11.1 Å². The fraction of sp³-hybridized carbons (Fsp3) is 0.333. The van der Waals surface area contributed by atoms with Gasteiger partial charge in [0, 0.05) is 26.2 Å². The monoisotopic (exact) mass is 445 g/mol. The summed E-state index contributed by atoms with van der Waals surface area (Å²) in [4.78, 5) is 29.4. The predicted molar refractivity (Wildman–Crippen MR) is 128 cm³/mol. The van der Waals surface area contributed by atoms with Crippen molar-refractivity contribution >= 4 is 11.8 Å². The quantitative estimate of drug-likeness (QED) is 0.593. The van der Waals surface area contributed by atoms with E-state index < -0.39 is 0 Å². The zero-order valence-electron chi connectivity index (χ0n) is 19.3. The van der Waals surface area contributed by atoms with Crippen LogP contribution in [0.25, 0.3) is 11.1 Å². The first kappa shape index (κ1) is 22.8. The average Bonchev–Trinajstić information content (AvgIpc) is 3.37. The van der Waals surface area contributed by atoms with Crippen LogP contribution in [0.3, 0.4) is 0 Å². The highest BCUT2D eigenvalue weighted by atomic mass is 16.3. The van der Waals surface area contributed by atoms with Crippen molar-refractivity contribution < 1.29 is 14.0 Å². The van der Waals surface area contributed by atoms with Crippen LogP contribution in [0, 0.1) is 5.92 Å². The number of piperidine rings is 1. The lowest BCUT2D eigenvalue weighted by molar-refractivity contribution is -0.126. The first-order chi connectivity index (χ1) is 16.0. The lowest BCUT2D eigenvalue weighted by atomic mass is 9.96. The number of furan rings is 1. The lowest BCUT2D eigenvalue weighted by Gasteiger charge is -2.31. The van der Waals surface area contributed by atoms with E-state index in [9.17, 15) is 9.59 Å². The maximum Gasteiger partial charge on any atom is 0.289 e. The Balaban J connectivity index is 1.39. The van der Waals surface area contributed by atoms with Crippen LogP contribution in [0.1, 0.15) is 34.5 Å². The third kappa shape index (κ3) is 5.71. The van der Waals surface area contributed by atoms with Crippen molar-refractivity contribution in [1.29, 1.82) is 0 Å². The first-order valence-electron chi connectivity index (χ1n) is 11.4. The summed E-state index contributed by atoms with van der Waals surface area (Å²) < 4.78 is 5.24. The van der Waals surface area contributed by atoms with Crippen LogP contribution in [0.4, 0.5) is 0 Å². The van der Waals surface area contributed by atoms with E-state index >= 15 is 0 Å². The lowest BCUT2D eigenvalue weighted by Crippen LogP contribution is -2.45. The molecule has 1 N–H and O–H groups in total. The number of benzene rings is 2. The summed E-state index contributed by atoms with van der Waals surface area (Å²) in [6, 6.07) is 20.1. The molecule has 1 fully saturated rings. The van der Waals surface area contributed by atoms with Crippen LogP contribution in [0.2, 0.25) is 0 Å². The molecule has 2 heterocycles. The van der Waals surface area contributed by atoms with Gasteiger partial charge in [-0.15, -0.1) is 0 Å². The number of hydrogen-bond donors (Lipinski definition) is 1. The van der Waals surface area contributed by atoms with Gasteiger partial charge in [-0.2, -0.15) is 0 Å². The van der Waals surface area contributed by atoms with E-state index in [2.05, 4.69) is 60.7 Å². The van der Waals surface area contributed by atoms with Gasteiger partial charge in [-0.1, -0.05) is 48.5 Å². The van der Waals surface area contributed by atoms with Gasteiger partial charge in [-0.05, 0) is 61.3 Å². The number of likely N-dealkylation sites (tertiary alicyclic amines) is 1. The highest BCUT2D eigenvalue weighted by Crippen LogP contribution is 2.25. The Kier molecular flexibility index (Phi) is 7.25. The molecule has 6 nitrogen and oxygen atoms in total. The van der Waals surface area contributed by atoms with E-state index in [0.29, 0.717) is 25.4 Å². The van der Waals surface area contributed by atoms with E-state index in [0.717, 1.165) is 36.1 Å². The molecule has 2 aromatic carbocycles. The Morgan fingerprint density at radius 3 is 2.58 bits per heavy atom. The van der Waals surface area contributed by atoms with Crippen LogP contribution in [-0.2, 0) is 17.9 Å². The molecule has 0 radical (unpaired) electrons. The van der Waals surface area contributed by atoms with Crippen molar-refractivity contribution in [3.63, 3.8) is 0 Å². The second-order valence-corrected chi connectivity index (χ2v) is 8.88. The van der Waals surface area contributed by atoms with E-state index in [1.807, 2.05) is 12.1 Å². The summed E-state index contributed by atoms with van der Waals surface area (Å²) in [6.07, 6.45) is 3.08. The summed E-state index contributed by atoms with van der Waals surface area (Å²) in [5.74, 6) is -0.0552. The molecule has 6 heteroatoms. The van der Waals surface area contributed by atoms with E-state index in [4.69, 9.17) is 4.42 Å². The third-order valence-electron chi connectivity index (χ3n) is 6.05. The minimum Gasteiger partial charge on any atom is -0.459 e. The Morgan fingerprint density at radius 2 is 1.85 bits per heavy atom. The highest BCUT2D eigenvalue weighted by Gasteiger charge is 2.29. The molecule has 0 aliphatic carbocycles. The minimum absolute atomic E-state index is 0.0110. The fourth-order valence-electron chi connectivity index (χ4n) is 4.37. The maximum atomic E-state index is 12.9. The summed E-state index contributed by atoms with van der Waals surface area (Å²) in [5, 5.41) is 3.10. The molecule has 2 amide bonds. The Bertz CT molecular complexity index is 1070. The van der Waals surface area contributed by atoms with Gasteiger partial charge < -0.3 is 19.5 Å². The molecule has 0 saturated carbocycles. The number of carbonyl (C=O) groups is 2. The van der Waals surface area contributed by atoms with Crippen LogP contribution in [0.15, 0.2) is 71.3 Å². The van der Waals surface area contributed by atoms with Crippen LogP contribution in [0.5, 0.6) is 0 Å². The standard InChI is InChI=1S/C27H31N3O3/c1-29(2)18-20-11-13-21(14-12-20)24-9-4-3-7-22(24)17-28-26(31)23-8-5-15-30(19-23)27(32)25-10-6-16-33-25/h3-4,6-7,9-14,16,23H,5,8,15,17-19H2,1-2H3,(H,28,31). The highest BCUT2D eigenvalue weighted by molar-refractivity contribution is 5.92. The number of hydrogen-bond acceptors (Lipinski definition) is 4. The molecule has 0 bridgehead atoms. The summed E-state index contributed by atoms with van der Waals surface area (Å²) in [7, 11) is 4.12. The van der Waals surface area contributed by atoms with Crippen molar-refractivity contribution in [1.82, 2.24) is 15.1 Å². The van der Waals surface area contributed by atoms with Crippen LogP contribution >= 0.6 is 0 Å². The van der Waals surface area contributed by atoms with E-state index in [1.165, 1.54) is 11.8 Å². The van der Waals surface area contributed by atoms with Gasteiger partial charge in [0.15, 0.2) is 5.76 Å². The van der Waals surface area contributed by atoms with Gasteiger partial charge in [0.2, 0.25) is 5.91 Å². The van der Waals surface area contributed by atoms with Crippen molar-refractivity contribution in [2.24, 2.45) is 5.92 Å². The molecule has 1 atom stereocenters. The van der Waals surface area contributed by atoms with Gasteiger partial charge in [0.25, 0.3) is 5.91 Å². The van der Waals surface area contributed by atoms with Gasteiger partial charge >= 0.3 is 0 Å².